The maximum absolute atomic E-state index is 12.1. The molecule has 19 nitrogen and oxygen atoms in total. The van der Waals surface area contributed by atoms with Crippen LogP contribution in [0.4, 0.5) is 0 Å². The summed E-state index contributed by atoms with van der Waals surface area (Å²) in [5.41, 5.74) is 0. The number of hydrogen-bond acceptors (Lipinski definition) is 16. The molecule has 0 aliphatic carbocycles. The van der Waals surface area contributed by atoms with Crippen molar-refractivity contribution in [2.75, 3.05) is 19.8 Å². The molecule has 0 unspecified atom stereocenters. The van der Waals surface area contributed by atoms with Crippen molar-refractivity contribution in [3.05, 3.63) is 0 Å². The van der Waals surface area contributed by atoms with E-state index in [1.807, 2.05) is 0 Å². The number of aliphatic hydroxyl groups excluding tert-OH is 8. The van der Waals surface area contributed by atoms with Crippen molar-refractivity contribution in [3.63, 3.8) is 0 Å². The van der Waals surface area contributed by atoms with Gasteiger partial charge in [-0.1, -0.05) is 0 Å². The maximum atomic E-state index is 12.1. The van der Waals surface area contributed by atoms with Gasteiger partial charge in [-0.2, -0.15) is 0 Å². The van der Waals surface area contributed by atoms with Gasteiger partial charge in [-0.15, -0.1) is 0 Å². The molecule has 0 aromatic rings. The Morgan fingerprint density at radius 2 is 0.930 bits per heavy atom. The second kappa shape index (κ2) is 15.3. The number of rotatable bonds is 10. The number of aliphatic hydroxyl groups is 8. The largest absolute Gasteiger partial charge is 0.394 e. The molecule has 0 aromatic heterocycles. The third kappa shape index (κ3) is 8.14. The zero-order chi connectivity index (χ0) is 32.2. The Morgan fingerprint density at radius 1 is 0.558 bits per heavy atom. The van der Waals surface area contributed by atoms with Crippen molar-refractivity contribution in [1.29, 1.82) is 0 Å². The van der Waals surface area contributed by atoms with E-state index >= 15 is 0 Å². The molecule has 19 heteroatoms. The van der Waals surface area contributed by atoms with Crippen LogP contribution in [-0.4, -0.2) is 170 Å². The Hall–Kier alpha value is -2.11. The number of hydrogen-bond donors (Lipinski definition) is 11. The topological polar surface area (TPSA) is 295 Å². The molecule has 0 spiro atoms. The van der Waals surface area contributed by atoms with Crippen LogP contribution in [0.5, 0.6) is 0 Å². The van der Waals surface area contributed by atoms with E-state index in [2.05, 4.69) is 16.0 Å². The molecule has 0 saturated carbocycles. The van der Waals surface area contributed by atoms with E-state index in [1.54, 1.807) is 0 Å². The summed E-state index contributed by atoms with van der Waals surface area (Å²) in [4.78, 5) is 35.5. The standard InChI is InChI=1S/C24H41N3O16/c1-7(31)25-13-18(36)20(11(5-29)39-22(13)38)42-24-15(27-9(3)33)19(37)21(12(6-30)41-24)43-23-14(26-8(2)32)17(35)16(34)10(4-28)40-23/h10-24,28-30,34-38H,4-6H2,1-3H3,(H,25,31)(H,26,32)(H,27,33)/t10-,11-,12-,13+,14+,15+,16+,17-,18-,19-,20+,21+,22-,23+,24+/m1/s1. The normalized spacial score (nSPS) is 43.5. The molecule has 15 atom stereocenters. The Labute approximate surface area is 245 Å². The van der Waals surface area contributed by atoms with Crippen LogP contribution in [0.15, 0.2) is 0 Å². The van der Waals surface area contributed by atoms with Gasteiger partial charge in [0.15, 0.2) is 18.9 Å². The first-order chi connectivity index (χ1) is 20.2. The van der Waals surface area contributed by atoms with Crippen LogP contribution in [0.1, 0.15) is 20.8 Å². The van der Waals surface area contributed by atoms with Crippen molar-refractivity contribution >= 4 is 17.7 Å². The van der Waals surface area contributed by atoms with Gasteiger partial charge in [0.2, 0.25) is 17.7 Å². The summed E-state index contributed by atoms with van der Waals surface area (Å²) in [7, 11) is 0. The highest BCUT2D eigenvalue weighted by atomic mass is 16.7. The minimum atomic E-state index is -1.77. The Balaban J connectivity index is 1.89. The van der Waals surface area contributed by atoms with Gasteiger partial charge in [0.05, 0.1) is 19.8 Å². The molecule has 0 radical (unpaired) electrons. The van der Waals surface area contributed by atoms with Crippen molar-refractivity contribution in [2.24, 2.45) is 0 Å². The van der Waals surface area contributed by atoms with E-state index in [0.717, 1.165) is 20.8 Å². The van der Waals surface area contributed by atoms with Crippen molar-refractivity contribution < 1.29 is 78.9 Å². The predicted octanol–water partition coefficient (Wildman–Crippen LogP) is -7.14. The van der Waals surface area contributed by atoms with Gasteiger partial charge >= 0.3 is 0 Å². The van der Waals surface area contributed by atoms with E-state index in [4.69, 9.17) is 23.7 Å². The SMILES string of the molecule is CC(=O)N[C@@H]1[C@H](O[C@@H]2[C@H](O)[C@H](NC(C)=O)[C@H](O)O[C@@H]2CO)O[C@H](CO)[C@H](O[C@@H]2O[C@H](CO)[C@H](O)[C@H](O)[C@@H]2NC(C)=O)[C@@H]1O. The van der Waals surface area contributed by atoms with Gasteiger partial charge in [0.1, 0.15) is 73.1 Å². The molecule has 3 rings (SSSR count). The molecule has 0 bridgehead atoms. The number of nitrogens with one attached hydrogen (secondary N) is 3. The van der Waals surface area contributed by atoms with Crippen molar-refractivity contribution in [2.45, 2.75) is 113 Å². The first kappa shape index (κ1) is 35.4. The molecule has 0 aromatic carbocycles. The van der Waals surface area contributed by atoms with E-state index < -0.39 is 129 Å². The van der Waals surface area contributed by atoms with Crippen LogP contribution < -0.4 is 16.0 Å². The summed E-state index contributed by atoms with van der Waals surface area (Å²) >= 11 is 0. The van der Waals surface area contributed by atoms with Crippen LogP contribution in [0, 0.1) is 0 Å². The van der Waals surface area contributed by atoms with Crippen LogP contribution in [0.25, 0.3) is 0 Å². The summed E-state index contributed by atoms with van der Waals surface area (Å²) in [6.07, 6.45) is -19.0. The summed E-state index contributed by atoms with van der Waals surface area (Å²) in [5.74, 6) is -1.96. The fraction of sp³-hybridized carbons (Fsp3) is 0.875. The summed E-state index contributed by atoms with van der Waals surface area (Å²) in [5, 5.41) is 90.0. The van der Waals surface area contributed by atoms with Gasteiger partial charge in [0.25, 0.3) is 0 Å². The molecule has 3 aliphatic heterocycles. The lowest BCUT2D eigenvalue weighted by Crippen LogP contribution is -2.71. The van der Waals surface area contributed by atoms with E-state index in [1.165, 1.54) is 0 Å². The number of carbonyl (C=O) groups excluding carboxylic acids is 3. The maximum Gasteiger partial charge on any atom is 0.217 e. The second-order valence-electron chi connectivity index (χ2n) is 10.5. The second-order valence-corrected chi connectivity index (χ2v) is 10.5. The molecule has 43 heavy (non-hydrogen) atoms. The first-order valence-corrected chi connectivity index (χ1v) is 13.5. The Kier molecular flexibility index (Phi) is 12.5. The van der Waals surface area contributed by atoms with E-state index in [9.17, 15) is 55.2 Å². The highest BCUT2D eigenvalue weighted by Gasteiger charge is 2.54. The highest BCUT2D eigenvalue weighted by molar-refractivity contribution is 5.74. The summed E-state index contributed by atoms with van der Waals surface area (Å²) < 4.78 is 28.3. The fourth-order valence-electron chi connectivity index (χ4n) is 5.28. The zero-order valence-corrected chi connectivity index (χ0v) is 23.6. The molecular formula is C24H41N3O16. The van der Waals surface area contributed by atoms with Gasteiger partial charge in [0, 0.05) is 20.8 Å². The van der Waals surface area contributed by atoms with E-state index in [0.29, 0.717) is 0 Å². The molecule has 11 N–H and O–H groups in total. The highest BCUT2D eigenvalue weighted by Crippen LogP contribution is 2.32. The van der Waals surface area contributed by atoms with Gasteiger partial charge in [-0.25, -0.2) is 0 Å². The molecular weight excluding hydrogens is 586 g/mol. The Bertz CT molecular complexity index is 962. The lowest BCUT2D eigenvalue weighted by Gasteiger charge is -2.49. The first-order valence-electron chi connectivity index (χ1n) is 13.5. The number of amides is 3. The lowest BCUT2D eigenvalue weighted by atomic mass is 9.93. The van der Waals surface area contributed by atoms with Crippen molar-refractivity contribution in [1.82, 2.24) is 16.0 Å². The summed E-state index contributed by atoms with van der Waals surface area (Å²) in [6, 6.07) is -4.31. The van der Waals surface area contributed by atoms with Crippen LogP contribution in [-0.2, 0) is 38.1 Å². The molecule has 3 saturated heterocycles. The monoisotopic (exact) mass is 627 g/mol. The summed E-state index contributed by atoms with van der Waals surface area (Å²) in [6.45, 7) is 0.995. The molecule has 3 fully saturated rings. The van der Waals surface area contributed by atoms with Gasteiger partial charge in [-0.3, -0.25) is 14.4 Å². The number of carbonyl (C=O) groups is 3. The van der Waals surface area contributed by atoms with Gasteiger partial charge < -0.3 is 80.5 Å². The number of ether oxygens (including phenoxy) is 5. The van der Waals surface area contributed by atoms with Crippen LogP contribution >= 0.6 is 0 Å². The van der Waals surface area contributed by atoms with Crippen molar-refractivity contribution in [3.8, 4) is 0 Å². The van der Waals surface area contributed by atoms with Gasteiger partial charge in [-0.05, 0) is 0 Å². The molecule has 3 aliphatic rings. The lowest BCUT2D eigenvalue weighted by molar-refractivity contribution is -0.351. The smallest absolute Gasteiger partial charge is 0.217 e. The average molecular weight is 628 g/mol. The molecule has 3 amide bonds. The minimum absolute atomic E-state index is 0.628. The van der Waals surface area contributed by atoms with E-state index in [-0.39, 0.29) is 0 Å². The zero-order valence-electron chi connectivity index (χ0n) is 23.6. The predicted molar refractivity (Wildman–Crippen MR) is 136 cm³/mol. The quantitative estimate of drug-likeness (QED) is 0.107. The van der Waals surface area contributed by atoms with Crippen LogP contribution in [0.3, 0.4) is 0 Å². The molecule has 3 heterocycles. The average Bonchev–Trinajstić information content (AvgIpc) is 2.94. The fourth-order valence-corrected chi connectivity index (χ4v) is 5.28. The third-order valence-electron chi connectivity index (χ3n) is 7.30. The molecule has 248 valence electrons. The Morgan fingerprint density at radius 3 is 1.37 bits per heavy atom. The third-order valence-corrected chi connectivity index (χ3v) is 7.30. The minimum Gasteiger partial charge on any atom is -0.394 e. The van der Waals surface area contributed by atoms with Crippen LogP contribution in [0.2, 0.25) is 0 Å².